The van der Waals surface area contributed by atoms with Crippen LogP contribution in [-0.2, 0) is 0 Å². The lowest BCUT2D eigenvalue weighted by atomic mass is 9.78. The summed E-state index contributed by atoms with van der Waals surface area (Å²) in [7, 11) is 0. The second-order valence-electron chi connectivity index (χ2n) is 4.63. The standard InChI is InChI=1S/C16H10Cl2O2/c17-7-15(19)9-1-3-11-13(5-9)12-4-2-10(6-14(11)12)16(20)8-18/h1-6H,7-8H2. The molecule has 0 bridgehead atoms. The van der Waals surface area contributed by atoms with Gasteiger partial charge in [0.1, 0.15) is 0 Å². The molecule has 0 spiro atoms. The Bertz CT molecular complexity index is 657. The fraction of sp³-hybridized carbons (Fsp3) is 0.125. The Labute approximate surface area is 126 Å². The Morgan fingerprint density at radius 3 is 1.45 bits per heavy atom. The smallest absolute Gasteiger partial charge is 0.177 e. The van der Waals surface area contributed by atoms with E-state index in [9.17, 15) is 9.59 Å². The molecule has 0 aliphatic heterocycles. The first-order valence-corrected chi connectivity index (χ1v) is 7.19. The monoisotopic (exact) mass is 304 g/mol. The van der Waals surface area contributed by atoms with Gasteiger partial charge in [-0.1, -0.05) is 24.3 Å². The molecule has 0 unspecified atom stereocenters. The van der Waals surface area contributed by atoms with E-state index in [0.717, 1.165) is 22.3 Å². The fourth-order valence-electron chi connectivity index (χ4n) is 2.44. The van der Waals surface area contributed by atoms with E-state index in [0.29, 0.717) is 11.1 Å². The summed E-state index contributed by atoms with van der Waals surface area (Å²) in [6.07, 6.45) is 0. The van der Waals surface area contributed by atoms with Crippen LogP contribution in [0.4, 0.5) is 0 Å². The molecule has 0 aromatic heterocycles. The van der Waals surface area contributed by atoms with Crippen LogP contribution in [0.1, 0.15) is 20.7 Å². The van der Waals surface area contributed by atoms with Crippen LogP contribution in [0.15, 0.2) is 36.4 Å². The van der Waals surface area contributed by atoms with E-state index < -0.39 is 0 Å². The van der Waals surface area contributed by atoms with E-state index in [-0.39, 0.29) is 23.3 Å². The van der Waals surface area contributed by atoms with Crippen molar-refractivity contribution in [3.63, 3.8) is 0 Å². The summed E-state index contributed by atoms with van der Waals surface area (Å²) in [6, 6.07) is 11.0. The molecular formula is C16H10Cl2O2. The number of carbonyl (C=O) groups is 2. The molecule has 0 saturated heterocycles. The SMILES string of the molecule is O=C(CCl)c1ccc2c(c1)-c1ccc(C(=O)CCl)cc1-2. The van der Waals surface area contributed by atoms with Gasteiger partial charge in [0.25, 0.3) is 0 Å². The van der Waals surface area contributed by atoms with Gasteiger partial charge in [0, 0.05) is 11.1 Å². The average molecular weight is 305 g/mol. The van der Waals surface area contributed by atoms with Gasteiger partial charge >= 0.3 is 0 Å². The zero-order valence-corrected chi connectivity index (χ0v) is 12.0. The second-order valence-corrected chi connectivity index (χ2v) is 5.17. The van der Waals surface area contributed by atoms with Crippen LogP contribution in [0.3, 0.4) is 0 Å². The highest BCUT2D eigenvalue weighted by atomic mass is 35.5. The lowest BCUT2D eigenvalue weighted by molar-refractivity contribution is 0.101. The van der Waals surface area contributed by atoms with Crippen molar-refractivity contribution < 1.29 is 9.59 Å². The Morgan fingerprint density at radius 1 is 0.700 bits per heavy atom. The third-order valence-corrected chi connectivity index (χ3v) is 3.99. The molecule has 2 aromatic carbocycles. The van der Waals surface area contributed by atoms with Gasteiger partial charge in [0.05, 0.1) is 11.8 Å². The number of Topliss-reactive ketones (excluding diaryl/α,β-unsaturated/α-hetero) is 2. The number of rotatable bonds is 4. The maximum Gasteiger partial charge on any atom is 0.177 e. The topological polar surface area (TPSA) is 34.1 Å². The van der Waals surface area contributed by atoms with Gasteiger partial charge in [-0.15, -0.1) is 23.2 Å². The molecule has 0 fully saturated rings. The first-order chi connectivity index (χ1) is 9.65. The number of hydrogen-bond donors (Lipinski definition) is 0. The number of carbonyl (C=O) groups excluding carboxylic acids is 2. The Balaban J connectivity index is 2.01. The van der Waals surface area contributed by atoms with Crippen molar-refractivity contribution in [1.82, 2.24) is 0 Å². The van der Waals surface area contributed by atoms with E-state index in [1.165, 1.54) is 0 Å². The van der Waals surface area contributed by atoms with Crippen molar-refractivity contribution in [2.75, 3.05) is 11.8 Å². The zero-order valence-electron chi connectivity index (χ0n) is 10.5. The number of benzene rings is 2. The lowest BCUT2D eigenvalue weighted by Gasteiger charge is -2.25. The van der Waals surface area contributed by atoms with E-state index >= 15 is 0 Å². The van der Waals surface area contributed by atoms with Crippen molar-refractivity contribution in [1.29, 1.82) is 0 Å². The van der Waals surface area contributed by atoms with Gasteiger partial charge in [0.15, 0.2) is 11.6 Å². The molecule has 0 saturated carbocycles. The highest BCUT2D eigenvalue weighted by Gasteiger charge is 2.24. The van der Waals surface area contributed by atoms with Crippen LogP contribution in [0.25, 0.3) is 22.3 Å². The van der Waals surface area contributed by atoms with Gasteiger partial charge in [-0.05, 0) is 34.4 Å². The van der Waals surface area contributed by atoms with Crippen LogP contribution in [0, 0.1) is 0 Å². The predicted molar refractivity (Wildman–Crippen MR) is 81.0 cm³/mol. The van der Waals surface area contributed by atoms with Crippen molar-refractivity contribution >= 4 is 34.8 Å². The molecule has 2 nitrogen and oxygen atoms in total. The molecule has 3 rings (SSSR count). The highest BCUT2D eigenvalue weighted by molar-refractivity contribution is 6.31. The molecule has 0 N–H and O–H groups in total. The van der Waals surface area contributed by atoms with Crippen LogP contribution in [0.5, 0.6) is 0 Å². The number of hydrogen-bond acceptors (Lipinski definition) is 2. The number of alkyl halides is 2. The molecule has 0 heterocycles. The van der Waals surface area contributed by atoms with E-state index in [2.05, 4.69) is 0 Å². The van der Waals surface area contributed by atoms with Crippen molar-refractivity contribution in [2.24, 2.45) is 0 Å². The van der Waals surface area contributed by atoms with Gasteiger partial charge in [-0.25, -0.2) is 0 Å². The molecule has 2 aromatic rings. The quantitative estimate of drug-likeness (QED) is 0.535. The molecule has 1 aliphatic carbocycles. The van der Waals surface area contributed by atoms with Gasteiger partial charge in [-0.3, -0.25) is 9.59 Å². The highest BCUT2D eigenvalue weighted by Crippen LogP contribution is 2.47. The molecule has 20 heavy (non-hydrogen) atoms. The zero-order chi connectivity index (χ0) is 14.3. The molecular weight excluding hydrogens is 295 g/mol. The summed E-state index contributed by atoms with van der Waals surface area (Å²) in [5.74, 6) is -0.211. The van der Waals surface area contributed by atoms with E-state index in [4.69, 9.17) is 23.2 Å². The number of fused-ring (bicyclic) bond motifs is 4. The predicted octanol–water partition coefficient (Wildman–Crippen LogP) is 4.18. The summed E-state index contributed by atoms with van der Waals surface area (Å²) in [5, 5.41) is 0. The van der Waals surface area contributed by atoms with Gasteiger partial charge < -0.3 is 0 Å². The normalized spacial score (nSPS) is 11.3. The minimum absolute atomic E-state index is 0.0190. The summed E-state index contributed by atoms with van der Waals surface area (Å²) in [6.45, 7) is 0. The minimum atomic E-state index is -0.0862. The first kappa shape index (κ1) is 13.3. The molecule has 0 radical (unpaired) electrons. The summed E-state index contributed by atoms with van der Waals surface area (Å²) < 4.78 is 0. The fourth-order valence-corrected chi connectivity index (χ4v) is 2.75. The number of halogens is 2. The first-order valence-electron chi connectivity index (χ1n) is 6.13. The van der Waals surface area contributed by atoms with Gasteiger partial charge in [0.2, 0.25) is 0 Å². The summed E-state index contributed by atoms with van der Waals surface area (Å²) >= 11 is 11.1. The Kier molecular flexibility index (Phi) is 3.36. The Morgan fingerprint density at radius 2 is 1.10 bits per heavy atom. The molecule has 4 heteroatoms. The summed E-state index contributed by atoms with van der Waals surface area (Å²) in [4.78, 5) is 23.2. The third-order valence-electron chi connectivity index (χ3n) is 3.51. The molecule has 100 valence electrons. The van der Waals surface area contributed by atoms with E-state index in [1.807, 2.05) is 24.3 Å². The Hall–Kier alpha value is -1.64. The van der Waals surface area contributed by atoms with Crippen molar-refractivity contribution in [2.45, 2.75) is 0 Å². The minimum Gasteiger partial charge on any atom is -0.293 e. The molecule has 1 aliphatic rings. The van der Waals surface area contributed by atoms with Crippen LogP contribution < -0.4 is 0 Å². The number of ketones is 2. The van der Waals surface area contributed by atoms with Crippen molar-refractivity contribution in [3.8, 4) is 22.3 Å². The third kappa shape index (κ3) is 1.96. The largest absolute Gasteiger partial charge is 0.293 e. The van der Waals surface area contributed by atoms with Gasteiger partial charge in [-0.2, -0.15) is 0 Å². The van der Waals surface area contributed by atoms with Crippen LogP contribution >= 0.6 is 23.2 Å². The maximum absolute atomic E-state index is 11.6. The second kappa shape index (κ2) is 5.04. The molecule has 0 atom stereocenters. The van der Waals surface area contributed by atoms with Crippen LogP contribution in [-0.4, -0.2) is 23.3 Å². The maximum atomic E-state index is 11.6. The average Bonchev–Trinajstić information content (AvgIpc) is 2.50. The van der Waals surface area contributed by atoms with Crippen LogP contribution in [0.2, 0.25) is 0 Å². The summed E-state index contributed by atoms with van der Waals surface area (Å²) in [5.41, 5.74) is 5.39. The van der Waals surface area contributed by atoms with Crippen molar-refractivity contribution in [3.05, 3.63) is 47.5 Å². The lowest BCUT2D eigenvalue weighted by Crippen LogP contribution is -2.07. The molecule has 0 amide bonds. The van der Waals surface area contributed by atoms with E-state index in [1.54, 1.807) is 12.1 Å².